The molecule has 0 spiro atoms. The second-order valence-electron chi connectivity index (χ2n) is 9.40. The zero-order valence-corrected chi connectivity index (χ0v) is 22.7. The monoisotopic (exact) mass is 588 g/mol. The van der Waals surface area contributed by atoms with Crippen molar-refractivity contribution in [2.45, 2.75) is 56.3 Å². The Morgan fingerprint density at radius 2 is 1.52 bits per heavy atom. The Balaban J connectivity index is 2.27. The van der Waals surface area contributed by atoms with Crippen LogP contribution in [0.2, 0.25) is 0 Å². The van der Waals surface area contributed by atoms with Gasteiger partial charge in [0.1, 0.15) is 23.9 Å². The lowest BCUT2D eigenvalue weighted by Gasteiger charge is -2.25. The van der Waals surface area contributed by atoms with Gasteiger partial charge in [0, 0.05) is 31.3 Å². The van der Waals surface area contributed by atoms with Crippen molar-refractivity contribution in [3.8, 4) is 5.75 Å². The number of primary amides is 1. The minimum atomic E-state index is -1.36. The molecule has 42 heavy (non-hydrogen) atoms. The zero-order chi connectivity index (χ0) is 31.2. The molecule has 1 aromatic carbocycles. The fourth-order valence-electron chi connectivity index (χ4n) is 3.80. The Bertz CT molecular complexity index is 1250. The maximum atomic E-state index is 13.4. The molecule has 14 N–H and O–H groups in total. The molecule has 0 saturated carbocycles. The van der Waals surface area contributed by atoms with Crippen LogP contribution in [0, 0.1) is 0 Å². The number of hydrogen-bond donors (Lipinski definition) is 10. The minimum absolute atomic E-state index is 0.0166. The third-order valence-corrected chi connectivity index (χ3v) is 5.94. The van der Waals surface area contributed by atoms with Gasteiger partial charge in [0.25, 0.3) is 0 Å². The van der Waals surface area contributed by atoms with Gasteiger partial charge in [-0.25, -0.2) is 9.78 Å². The lowest BCUT2D eigenvalue weighted by atomic mass is 10.0. The summed E-state index contributed by atoms with van der Waals surface area (Å²) >= 11 is 0. The molecule has 1 aromatic heterocycles. The average Bonchev–Trinajstić information content (AvgIpc) is 3.43. The fraction of sp³-hybridized carbons (Fsp3) is 0.400. The third-order valence-electron chi connectivity index (χ3n) is 5.94. The fourth-order valence-corrected chi connectivity index (χ4v) is 3.80. The highest BCUT2D eigenvalue weighted by Gasteiger charge is 2.31. The Morgan fingerprint density at radius 1 is 0.905 bits per heavy atom. The number of rotatable bonds is 17. The quantitative estimate of drug-likeness (QED) is 0.0495. The molecule has 0 radical (unpaired) electrons. The number of carboxylic acids is 1. The molecule has 0 fully saturated rings. The zero-order valence-electron chi connectivity index (χ0n) is 22.7. The van der Waals surface area contributed by atoms with Crippen LogP contribution in [0.3, 0.4) is 0 Å². The number of carboxylic acid groups (broad SMARTS) is 1. The van der Waals surface area contributed by atoms with Crippen LogP contribution in [0.15, 0.2) is 41.8 Å². The van der Waals surface area contributed by atoms with Crippen molar-refractivity contribution in [2.24, 2.45) is 27.9 Å². The third kappa shape index (κ3) is 11.5. The topological polar surface area (TPSA) is 307 Å². The van der Waals surface area contributed by atoms with Crippen LogP contribution in [0.25, 0.3) is 0 Å². The summed E-state index contributed by atoms with van der Waals surface area (Å²) in [6.45, 7) is 0.126. The van der Waals surface area contributed by atoms with E-state index in [4.69, 9.17) is 22.9 Å². The number of aromatic hydroxyl groups is 1. The summed E-state index contributed by atoms with van der Waals surface area (Å²) in [7, 11) is 0. The van der Waals surface area contributed by atoms with Crippen molar-refractivity contribution in [1.82, 2.24) is 25.9 Å². The van der Waals surface area contributed by atoms with Gasteiger partial charge in [0.15, 0.2) is 5.96 Å². The molecule has 17 heteroatoms. The van der Waals surface area contributed by atoms with Gasteiger partial charge in [0.05, 0.1) is 18.8 Å². The largest absolute Gasteiger partial charge is 0.508 e. The molecule has 0 aliphatic carbocycles. The van der Waals surface area contributed by atoms with E-state index in [0.717, 1.165) is 0 Å². The molecule has 4 amide bonds. The average molecular weight is 589 g/mol. The van der Waals surface area contributed by atoms with Crippen LogP contribution in [-0.4, -0.2) is 86.5 Å². The number of H-pyrrole nitrogens is 1. The normalized spacial score (nSPS) is 13.5. The van der Waals surface area contributed by atoms with Crippen LogP contribution >= 0.6 is 0 Å². The first kappa shape index (κ1) is 33.0. The molecule has 2 aromatic rings. The van der Waals surface area contributed by atoms with Gasteiger partial charge in [-0.15, -0.1) is 0 Å². The number of guanidine groups is 1. The first-order chi connectivity index (χ1) is 19.8. The molecule has 4 atom stereocenters. The van der Waals surface area contributed by atoms with Crippen molar-refractivity contribution in [3.05, 3.63) is 48.0 Å². The number of phenols is 1. The first-order valence-corrected chi connectivity index (χ1v) is 12.8. The lowest BCUT2D eigenvalue weighted by Crippen LogP contribution is -2.58. The number of aromatic nitrogens is 2. The molecule has 0 aliphatic rings. The number of nitrogens with zero attached hydrogens (tertiary/aromatic N) is 2. The molecule has 0 aliphatic heterocycles. The number of imidazole rings is 1. The van der Waals surface area contributed by atoms with Gasteiger partial charge in [-0.2, -0.15) is 0 Å². The minimum Gasteiger partial charge on any atom is -0.508 e. The second-order valence-corrected chi connectivity index (χ2v) is 9.40. The maximum absolute atomic E-state index is 13.4. The number of benzene rings is 1. The highest BCUT2D eigenvalue weighted by Crippen LogP contribution is 2.12. The Labute approximate surface area is 240 Å². The van der Waals surface area contributed by atoms with Crippen molar-refractivity contribution in [3.63, 3.8) is 0 Å². The Morgan fingerprint density at radius 3 is 2.10 bits per heavy atom. The number of nitrogens with two attached hydrogens (primary N) is 4. The summed E-state index contributed by atoms with van der Waals surface area (Å²) < 4.78 is 0. The number of aliphatic carboxylic acids is 1. The van der Waals surface area contributed by atoms with E-state index >= 15 is 0 Å². The lowest BCUT2D eigenvalue weighted by molar-refractivity contribution is -0.142. The molecule has 1 heterocycles. The summed E-state index contributed by atoms with van der Waals surface area (Å²) in [5.41, 5.74) is 22.5. The molecular formula is C25H36N10O7. The van der Waals surface area contributed by atoms with Gasteiger partial charge >= 0.3 is 5.97 Å². The number of amides is 4. The molecule has 17 nitrogen and oxygen atoms in total. The summed E-state index contributed by atoms with van der Waals surface area (Å²) in [5.74, 6) is -4.78. The number of aromatic amines is 1. The van der Waals surface area contributed by atoms with Gasteiger partial charge in [-0.05, 0) is 30.5 Å². The highest BCUT2D eigenvalue weighted by molar-refractivity contribution is 5.95. The van der Waals surface area contributed by atoms with Crippen molar-refractivity contribution in [2.75, 3.05) is 6.54 Å². The van der Waals surface area contributed by atoms with Crippen molar-refractivity contribution < 1.29 is 34.2 Å². The van der Waals surface area contributed by atoms with E-state index in [1.165, 1.54) is 36.8 Å². The van der Waals surface area contributed by atoms with E-state index < -0.39 is 60.2 Å². The van der Waals surface area contributed by atoms with Crippen LogP contribution in [0.5, 0.6) is 5.75 Å². The predicted molar refractivity (Wildman–Crippen MR) is 149 cm³/mol. The number of carbonyl (C=O) groups is 5. The molecule has 4 unspecified atom stereocenters. The van der Waals surface area contributed by atoms with Gasteiger partial charge in [0.2, 0.25) is 23.6 Å². The molecule has 0 bridgehead atoms. The van der Waals surface area contributed by atoms with E-state index in [-0.39, 0.29) is 43.9 Å². The van der Waals surface area contributed by atoms with Crippen LogP contribution < -0.4 is 38.9 Å². The number of aliphatic imine (C=N–C) groups is 1. The van der Waals surface area contributed by atoms with E-state index in [0.29, 0.717) is 11.3 Å². The predicted octanol–water partition coefficient (Wildman–Crippen LogP) is -3.30. The van der Waals surface area contributed by atoms with Gasteiger partial charge in [-0.1, -0.05) is 12.1 Å². The van der Waals surface area contributed by atoms with Crippen molar-refractivity contribution in [1.29, 1.82) is 0 Å². The summed E-state index contributed by atoms with van der Waals surface area (Å²) in [6.07, 6.45) is 2.36. The Hall–Kier alpha value is -5.19. The van der Waals surface area contributed by atoms with Crippen LogP contribution in [0.1, 0.15) is 30.5 Å². The SMILES string of the molecule is NC(=O)CC(N)C(=O)NC(CCCN=C(N)N)C(=O)NC(Cc1ccc(O)cc1)C(=O)NC(Cc1cnc[nH]1)C(=O)O. The van der Waals surface area contributed by atoms with Crippen LogP contribution in [0.4, 0.5) is 0 Å². The number of phenolic OH excluding ortho intramolecular Hbond substituents is 1. The van der Waals surface area contributed by atoms with E-state index in [9.17, 15) is 34.2 Å². The molecule has 2 rings (SSSR count). The number of nitrogens with one attached hydrogen (secondary N) is 4. The number of hydrogen-bond acceptors (Lipinski definition) is 9. The summed E-state index contributed by atoms with van der Waals surface area (Å²) in [6, 6.07) is 0.595. The maximum Gasteiger partial charge on any atom is 0.326 e. The van der Waals surface area contributed by atoms with Gasteiger partial charge < -0.3 is 54.1 Å². The van der Waals surface area contributed by atoms with E-state index in [1.807, 2.05) is 0 Å². The van der Waals surface area contributed by atoms with Crippen LogP contribution in [-0.2, 0) is 36.8 Å². The second kappa shape index (κ2) is 16.2. The molecular weight excluding hydrogens is 552 g/mol. The first-order valence-electron chi connectivity index (χ1n) is 12.8. The van der Waals surface area contributed by atoms with E-state index in [1.54, 1.807) is 0 Å². The Kier molecular flexibility index (Phi) is 12.7. The smallest absolute Gasteiger partial charge is 0.326 e. The summed E-state index contributed by atoms with van der Waals surface area (Å²) in [5, 5.41) is 26.7. The molecule has 228 valence electrons. The highest BCUT2D eigenvalue weighted by atomic mass is 16.4. The number of carbonyl (C=O) groups excluding carboxylic acids is 4. The van der Waals surface area contributed by atoms with Crippen molar-refractivity contribution >= 4 is 35.6 Å². The van der Waals surface area contributed by atoms with Gasteiger partial charge in [-0.3, -0.25) is 24.2 Å². The summed E-state index contributed by atoms with van der Waals surface area (Å²) in [4.78, 5) is 72.8. The molecule has 0 saturated heterocycles. The standard InChI is InChI=1S/C25H36N10O7/c26-16(10-20(27)37)21(38)33-17(2-1-7-31-25(28)29)22(39)34-18(8-13-3-5-15(36)6-4-13)23(40)35-19(24(41)42)9-14-11-30-12-32-14/h3-6,11-12,16-19,36H,1-2,7-10,26H2,(H2,27,37)(H,30,32)(H,33,38)(H,34,39)(H,35,40)(H,41,42)(H4,28,29,31). The van der Waals surface area contributed by atoms with E-state index in [2.05, 4.69) is 30.9 Å².